The van der Waals surface area contributed by atoms with Gasteiger partial charge in [-0.25, -0.2) is 14.4 Å². The molecule has 150 valence electrons. The molecule has 6 nitrogen and oxygen atoms in total. The van der Waals surface area contributed by atoms with Crippen LogP contribution in [0.4, 0.5) is 15.9 Å². The molecule has 4 rings (SSSR count). The molecule has 0 bridgehead atoms. The first-order chi connectivity index (χ1) is 14.0. The van der Waals surface area contributed by atoms with Gasteiger partial charge >= 0.3 is 0 Å². The summed E-state index contributed by atoms with van der Waals surface area (Å²) in [4.78, 5) is 14.2. The Morgan fingerprint density at radius 3 is 2.55 bits per heavy atom. The number of aromatic amines is 1. The standard InChI is InChI=1S/C16H19N5O.C6H5F/c1-5-21-15-14(17-9-18-15)11(3)19-16(21)20-13-7-6-12(22-4)8-10(13)2;7-6-4-2-1-3-5-6/h6-9H,3,5H2,1-2,4H3,(H,17,18)(H,19,20);1-5H. The number of nitrogens with one attached hydrogen (secondary N) is 2. The van der Waals surface area contributed by atoms with E-state index in [1.165, 1.54) is 12.1 Å². The molecule has 1 aliphatic heterocycles. The summed E-state index contributed by atoms with van der Waals surface area (Å²) < 4.78 is 17.1. The Labute approximate surface area is 169 Å². The normalized spacial score (nSPS) is 14.0. The number of imidazole rings is 1. The van der Waals surface area contributed by atoms with Gasteiger partial charge in [0.15, 0.2) is 5.82 Å². The number of aliphatic imine (C=N–C) groups is 1. The minimum atomic E-state index is -0.178. The molecule has 7 heteroatoms. The van der Waals surface area contributed by atoms with Crippen LogP contribution in [0.3, 0.4) is 0 Å². The first-order valence-corrected chi connectivity index (χ1v) is 9.24. The Morgan fingerprint density at radius 1 is 1.21 bits per heavy atom. The van der Waals surface area contributed by atoms with E-state index >= 15 is 0 Å². The predicted octanol–water partition coefficient (Wildman–Crippen LogP) is 4.64. The van der Waals surface area contributed by atoms with Gasteiger partial charge in [0.2, 0.25) is 5.96 Å². The molecule has 29 heavy (non-hydrogen) atoms. The number of rotatable bonds is 3. The summed E-state index contributed by atoms with van der Waals surface area (Å²) >= 11 is 0. The molecule has 0 atom stereocenters. The van der Waals surface area contributed by atoms with E-state index in [0.29, 0.717) is 0 Å². The summed E-state index contributed by atoms with van der Waals surface area (Å²) in [6, 6.07) is 13.8. The Kier molecular flexibility index (Phi) is 6.29. The molecule has 0 radical (unpaired) electrons. The number of hydrogen-bond donors (Lipinski definition) is 2. The van der Waals surface area contributed by atoms with Crippen LogP contribution in [-0.2, 0) is 0 Å². The van der Waals surface area contributed by atoms with E-state index in [1.807, 2.05) is 30.0 Å². The van der Waals surface area contributed by atoms with Gasteiger partial charge in [-0.2, -0.15) is 0 Å². The van der Waals surface area contributed by atoms with Crippen LogP contribution in [-0.4, -0.2) is 29.6 Å². The molecular formula is C22H24FN5O. The number of fused-ring (bicyclic) bond motifs is 1. The van der Waals surface area contributed by atoms with Crippen molar-refractivity contribution in [1.29, 1.82) is 0 Å². The Morgan fingerprint density at radius 2 is 1.97 bits per heavy atom. The maximum Gasteiger partial charge on any atom is 0.209 e. The molecule has 1 aliphatic rings. The molecule has 0 aliphatic carbocycles. The van der Waals surface area contributed by atoms with Gasteiger partial charge in [0.05, 0.1) is 24.8 Å². The highest BCUT2D eigenvalue weighted by Gasteiger charge is 2.26. The van der Waals surface area contributed by atoms with Crippen LogP contribution < -0.4 is 15.0 Å². The summed E-state index contributed by atoms with van der Waals surface area (Å²) in [5.74, 6) is 2.21. The highest BCUT2D eigenvalue weighted by Crippen LogP contribution is 2.29. The molecular weight excluding hydrogens is 369 g/mol. The fourth-order valence-electron chi connectivity index (χ4n) is 2.88. The van der Waals surface area contributed by atoms with E-state index in [2.05, 4.69) is 28.8 Å². The third-order valence-electron chi connectivity index (χ3n) is 4.37. The summed E-state index contributed by atoms with van der Waals surface area (Å²) in [5, 5.41) is 3.24. The number of benzene rings is 2. The first-order valence-electron chi connectivity index (χ1n) is 9.24. The quantitative estimate of drug-likeness (QED) is 0.680. The molecule has 0 saturated carbocycles. The van der Waals surface area contributed by atoms with Crippen molar-refractivity contribution in [3.8, 4) is 5.75 Å². The number of nitrogens with zero attached hydrogens (tertiary/aromatic N) is 3. The molecule has 2 aromatic carbocycles. The van der Waals surface area contributed by atoms with Crippen LogP contribution in [0, 0.1) is 12.7 Å². The minimum Gasteiger partial charge on any atom is -0.497 e. The average molecular weight is 393 g/mol. The number of H-pyrrole nitrogens is 1. The molecule has 0 fully saturated rings. The molecule has 0 amide bonds. The SMILES string of the molecule is C=C1NC(=Nc2ccc(OC)cc2C)N(CC)c2nc[nH]c21.Fc1ccccc1. The first kappa shape index (κ1) is 20.1. The van der Waals surface area contributed by atoms with Gasteiger partial charge in [0.1, 0.15) is 17.3 Å². The van der Waals surface area contributed by atoms with Crippen LogP contribution in [0.5, 0.6) is 5.75 Å². The van der Waals surface area contributed by atoms with Gasteiger partial charge in [0.25, 0.3) is 0 Å². The number of guanidine groups is 1. The lowest BCUT2D eigenvalue weighted by atomic mass is 10.2. The lowest BCUT2D eigenvalue weighted by Gasteiger charge is -2.29. The summed E-state index contributed by atoms with van der Waals surface area (Å²) in [5.41, 5.74) is 3.59. The van der Waals surface area contributed by atoms with Gasteiger partial charge in [-0.15, -0.1) is 0 Å². The van der Waals surface area contributed by atoms with Crippen LogP contribution in [0.15, 0.2) is 66.4 Å². The van der Waals surface area contributed by atoms with Crippen molar-refractivity contribution in [3.05, 3.63) is 78.5 Å². The summed E-state index contributed by atoms with van der Waals surface area (Å²) in [7, 11) is 1.66. The number of methoxy groups -OCH3 is 1. The third-order valence-corrected chi connectivity index (χ3v) is 4.37. The van der Waals surface area contributed by atoms with Crippen molar-refractivity contribution in [1.82, 2.24) is 15.3 Å². The minimum absolute atomic E-state index is 0.178. The van der Waals surface area contributed by atoms with E-state index < -0.39 is 0 Å². The number of halogens is 1. The molecule has 2 heterocycles. The second kappa shape index (κ2) is 9.05. The van der Waals surface area contributed by atoms with Crippen LogP contribution in [0.1, 0.15) is 18.2 Å². The molecule has 1 aromatic heterocycles. The fourth-order valence-corrected chi connectivity index (χ4v) is 2.88. The second-order valence-corrected chi connectivity index (χ2v) is 6.33. The monoisotopic (exact) mass is 393 g/mol. The van der Waals surface area contributed by atoms with Crippen molar-refractivity contribution in [2.75, 3.05) is 18.6 Å². The van der Waals surface area contributed by atoms with Gasteiger partial charge < -0.3 is 15.0 Å². The van der Waals surface area contributed by atoms with Gasteiger partial charge in [-0.3, -0.25) is 4.90 Å². The highest BCUT2D eigenvalue weighted by atomic mass is 19.1. The van der Waals surface area contributed by atoms with Crippen molar-refractivity contribution >= 4 is 23.2 Å². The molecule has 0 unspecified atom stereocenters. The Hall–Kier alpha value is -3.61. The smallest absolute Gasteiger partial charge is 0.209 e. The topological polar surface area (TPSA) is 65.5 Å². The lowest BCUT2D eigenvalue weighted by Crippen LogP contribution is -2.44. The van der Waals surface area contributed by atoms with Crippen molar-refractivity contribution < 1.29 is 9.13 Å². The number of anilines is 1. The third kappa shape index (κ3) is 4.63. The number of aryl methyl sites for hydroxylation is 1. The molecule has 0 saturated heterocycles. The molecule has 0 spiro atoms. The van der Waals surface area contributed by atoms with Crippen molar-refractivity contribution in [2.24, 2.45) is 4.99 Å². The van der Waals surface area contributed by atoms with Crippen molar-refractivity contribution in [2.45, 2.75) is 13.8 Å². The zero-order valence-electron chi connectivity index (χ0n) is 16.7. The fraction of sp³-hybridized carbons (Fsp3) is 0.182. The number of ether oxygens (including phenoxy) is 1. The summed E-state index contributed by atoms with van der Waals surface area (Å²) in [6.45, 7) is 8.85. The van der Waals surface area contributed by atoms with Crippen LogP contribution in [0.25, 0.3) is 5.70 Å². The lowest BCUT2D eigenvalue weighted by molar-refractivity contribution is 0.414. The Bertz CT molecular complexity index is 1010. The number of aromatic nitrogens is 2. The van der Waals surface area contributed by atoms with Crippen LogP contribution >= 0.6 is 0 Å². The van der Waals surface area contributed by atoms with Gasteiger partial charge in [-0.1, -0.05) is 24.8 Å². The van der Waals surface area contributed by atoms with Gasteiger partial charge in [0, 0.05) is 6.54 Å². The van der Waals surface area contributed by atoms with E-state index in [4.69, 9.17) is 9.73 Å². The van der Waals surface area contributed by atoms with E-state index in [1.54, 1.807) is 31.6 Å². The van der Waals surface area contributed by atoms with E-state index in [-0.39, 0.29) is 5.82 Å². The maximum atomic E-state index is 11.9. The Balaban J connectivity index is 0.000000290. The maximum absolute atomic E-state index is 11.9. The summed E-state index contributed by atoms with van der Waals surface area (Å²) in [6.07, 6.45) is 1.67. The predicted molar refractivity (Wildman–Crippen MR) is 115 cm³/mol. The van der Waals surface area contributed by atoms with Gasteiger partial charge in [-0.05, 0) is 49.7 Å². The largest absolute Gasteiger partial charge is 0.497 e. The average Bonchev–Trinajstić information content (AvgIpc) is 3.21. The van der Waals surface area contributed by atoms with E-state index in [9.17, 15) is 4.39 Å². The zero-order valence-corrected chi connectivity index (χ0v) is 16.7. The van der Waals surface area contributed by atoms with Crippen molar-refractivity contribution in [3.63, 3.8) is 0 Å². The molecule has 3 aromatic rings. The second-order valence-electron chi connectivity index (χ2n) is 6.33. The highest BCUT2D eigenvalue weighted by molar-refractivity contribution is 6.06. The zero-order chi connectivity index (χ0) is 20.8. The van der Waals surface area contributed by atoms with E-state index in [0.717, 1.165) is 46.7 Å². The van der Waals surface area contributed by atoms with Crippen LogP contribution in [0.2, 0.25) is 0 Å². The number of hydrogen-bond acceptors (Lipinski definition) is 3. The molecule has 2 N–H and O–H groups in total.